The Bertz CT molecular complexity index is 406. The molecule has 0 aliphatic rings. The molecule has 0 bridgehead atoms. The molecule has 0 spiro atoms. The second-order valence-electron chi connectivity index (χ2n) is 4.31. The normalized spacial score (nSPS) is 13.8. The third kappa shape index (κ3) is 6.29. The van der Waals surface area contributed by atoms with Crippen LogP contribution in [-0.4, -0.2) is 30.8 Å². The lowest BCUT2D eigenvalue weighted by Gasteiger charge is -2.13. The number of halogens is 5. The Balaban J connectivity index is 2.44. The van der Waals surface area contributed by atoms with Crippen molar-refractivity contribution in [2.45, 2.75) is 31.5 Å². The Morgan fingerprint density at radius 1 is 1.20 bits per heavy atom. The van der Waals surface area contributed by atoms with E-state index < -0.39 is 30.9 Å². The molecule has 2 nitrogen and oxygen atoms in total. The smallest absolute Gasteiger partial charge is 0.393 e. The fraction of sp³-hybridized carbons (Fsp3) is 0.538. The van der Waals surface area contributed by atoms with Crippen LogP contribution in [0.3, 0.4) is 0 Å². The molecule has 0 aromatic heterocycles. The largest absolute Gasteiger partial charge is 0.416 e. The Labute approximate surface area is 113 Å². The standard InChI is InChI=1S/C13H15F5O2/c14-12(15)8-20-5-4-11(19)7-9-2-1-3-10(6-9)13(16,17)18/h1-3,6,11-12,19H,4-5,7-8H2. The zero-order chi connectivity index (χ0) is 15.2. The Morgan fingerprint density at radius 3 is 2.50 bits per heavy atom. The van der Waals surface area contributed by atoms with Crippen LogP contribution in [0.1, 0.15) is 17.5 Å². The van der Waals surface area contributed by atoms with Gasteiger partial charge in [-0.1, -0.05) is 18.2 Å². The lowest BCUT2D eigenvalue weighted by Crippen LogP contribution is -2.16. The summed E-state index contributed by atoms with van der Waals surface area (Å²) in [6, 6.07) is 4.64. The summed E-state index contributed by atoms with van der Waals surface area (Å²) in [6.45, 7) is -0.777. The summed E-state index contributed by atoms with van der Waals surface area (Å²) in [7, 11) is 0. The third-order valence-corrected chi connectivity index (χ3v) is 2.56. The van der Waals surface area contributed by atoms with Crippen molar-refractivity contribution in [3.05, 3.63) is 35.4 Å². The topological polar surface area (TPSA) is 29.5 Å². The van der Waals surface area contributed by atoms with Gasteiger partial charge in [-0.15, -0.1) is 0 Å². The van der Waals surface area contributed by atoms with Crippen molar-refractivity contribution in [1.82, 2.24) is 0 Å². The molecule has 1 aromatic rings. The first-order chi connectivity index (χ1) is 9.29. The van der Waals surface area contributed by atoms with Crippen LogP contribution in [0, 0.1) is 0 Å². The molecule has 0 amide bonds. The van der Waals surface area contributed by atoms with Gasteiger partial charge in [-0.25, -0.2) is 8.78 Å². The quantitative estimate of drug-likeness (QED) is 0.618. The lowest BCUT2D eigenvalue weighted by atomic mass is 10.0. The molecule has 114 valence electrons. The molecular weight excluding hydrogens is 283 g/mol. The predicted molar refractivity (Wildman–Crippen MR) is 62.6 cm³/mol. The van der Waals surface area contributed by atoms with Crippen molar-refractivity contribution in [1.29, 1.82) is 0 Å². The summed E-state index contributed by atoms with van der Waals surface area (Å²) in [5, 5.41) is 9.61. The Hall–Kier alpha value is -1.21. The van der Waals surface area contributed by atoms with E-state index in [2.05, 4.69) is 4.74 Å². The van der Waals surface area contributed by atoms with E-state index in [1.54, 1.807) is 0 Å². The molecule has 7 heteroatoms. The average Bonchev–Trinajstić information content (AvgIpc) is 2.34. The second-order valence-corrected chi connectivity index (χ2v) is 4.31. The summed E-state index contributed by atoms with van der Waals surface area (Å²) in [5.41, 5.74) is -0.447. The van der Waals surface area contributed by atoms with Gasteiger partial charge in [0.05, 0.1) is 11.7 Å². The van der Waals surface area contributed by atoms with Gasteiger partial charge in [0, 0.05) is 6.61 Å². The molecule has 0 heterocycles. The van der Waals surface area contributed by atoms with Crippen molar-refractivity contribution in [2.24, 2.45) is 0 Å². The first kappa shape index (κ1) is 16.8. The van der Waals surface area contributed by atoms with Crippen LogP contribution in [-0.2, 0) is 17.3 Å². The molecule has 0 aliphatic carbocycles. The van der Waals surface area contributed by atoms with E-state index in [1.807, 2.05) is 0 Å². The molecule has 20 heavy (non-hydrogen) atoms. The van der Waals surface area contributed by atoms with Crippen molar-refractivity contribution < 1.29 is 31.8 Å². The van der Waals surface area contributed by atoms with E-state index in [0.29, 0.717) is 5.56 Å². The maximum Gasteiger partial charge on any atom is 0.416 e. The molecule has 1 aromatic carbocycles. The molecule has 0 fully saturated rings. The number of hydrogen-bond donors (Lipinski definition) is 1. The number of rotatable bonds is 7. The molecule has 0 radical (unpaired) electrons. The summed E-state index contributed by atoms with van der Waals surface area (Å²) in [5.74, 6) is 0. The Kier molecular flexibility index (Phi) is 6.35. The minimum Gasteiger partial charge on any atom is -0.393 e. The van der Waals surface area contributed by atoms with Gasteiger partial charge in [-0.05, 0) is 24.5 Å². The molecule has 0 saturated carbocycles. The summed E-state index contributed by atoms with van der Waals surface area (Å²) >= 11 is 0. The van der Waals surface area contributed by atoms with Crippen LogP contribution in [0.25, 0.3) is 0 Å². The predicted octanol–water partition coefficient (Wildman–Crippen LogP) is 3.28. The molecule has 1 unspecified atom stereocenters. The van der Waals surface area contributed by atoms with Crippen LogP contribution in [0.15, 0.2) is 24.3 Å². The molecule has 1 N–H and O–H groups in total. The minimum atomic E-state index is -4.43. The first-order valence-corrected chi connectivity index (χ1v) is 5.99. The Morgan fingerprint density at radius 2 is 1.90 bits per heavy atom. The molecule has 0 aliphatic heterocycles. The van der Waals surface area contributed by atoms with E-state index in [9.17, 15) is 27.1 Å². The lowest BCUT2D eigenvalue weighted by molar-refractivity contribution is -0.137. The summed E-state index contributed by atoms with van der Waals surface area (Å²) in [6.07, 6.45) is -7.83. The van der Waals surface area contributed by atoms with Gasteiger partial charge in [0.1, 0.15) is 6.61 Å². The van der Waals surface area contributed by atoms with Crippen molar-refractivity contribution in [3.63, 3.8) is 0 Å². The zero-order valence-corrected chi connectivity index (χ0v) is 10.5. The van der Waals surface area contributed by atoms with Crippen LogP contribution in [0.2, 0.25) is 0 Å². The maximum absolute atomic E-state index is 12.5. The summed E-state index contributed by atoms with van der Waals surface area (Å²) < 4.78 is 65.6. The zero-order valence-electron chi connectivity index (χ0n) is 10.5. The average molecular weight is 298 g/mol. The summed E-state index contributed by atoms with van der Waals surface area (Å²) in [4.78, 5) is 0. The van der Waals surface area contributed by atoms with E-state index >= 15 is 0 Å². The highest BCUT2D eigenvalue weighted by molar-refractivity contribution is 5.26. The van der Waals surface area contributed by atoms with Crippen LogP contribution < -0.4 is 0 Å². The van der Waals surface area contributed by atoms with Gasteiger partial charge in [0.15, 0.2) is 0 Å². The van der Waals surface area contributed by atoms with Crippen LogP contribution in [0.5, 0.6) is 0 Å². The van der Waals surface area contributed by atoms with Gasteiger partial charge in [0.25, 0.3) is 6.43 Å². The van der Waals surface area contributed by atoms with E-state index in [4.69, 9.17) is 0 Å². The first-order valence-electron chi connectivity index (χ1n) is 5.99. The van der Waals surface area contributed by atoms with E-state index in [-0.39, 0.29) is 19.4 Å². The van der Waals surface area contributed by atoms with E-state index in [1.165, 1.54) is 12.1 Å². The maximum atomic E-state index is 12.5. The van der Waals surface area contributed by atoms with Crippen LogP contribution >= 0.6 is 0 Å². The molecule has 0 saturated heterocycles. The van der Waals surface area contributed by atoms with Crippen LogP contribution in [0.4, 0.5) is 22.0 Å². The van der Waals surface area contributed by atoms with Crippen molar-refractivity contribution in [3.8, 4) is 0 Å². The van der Waals surface area contributed by atoms with E-state index in [0.717, 1.165) is 12.1 Å². The molecule has 1 rings (SSSR count). The molecule has 1 atom stereocenters. The van der Waals surface area contributed by atoms with Gasteiger partial charge >= 0.3 is 6.18 Å². The minimum absolute atomic E-state index is 0.0158. The number of alkyl halides is 5. The highest BCUT2D eigenvalue weighted by Crippen LogP contribution is 2.29. The fourth-order valence-electron chi connectivity index (χ4n) is 1.64. The fourth-order valence-corrected chi connectivity index (χ4v) is 1.64. The highest BCUT2D eigenvalue weighted by atomic mass is 19.4. The number of aliphatic hydroxyl groups excluding tert-OH is 1. The van der Waals surface area contributed by atoms with Gasteiger partial charge < -0.3 is 9.84 Å². The third-order valence-electron chi connectivity index (χ3n) is 2.56. The highest BCUT2D eigenvalue weighted by Gasteiger charge is 2.30. The number of ether oxygens (including phenoxy) is 1. The number of benzene rings is 1. The number of aliphatic hydroxyl groups is 1. The van der Waals surface area contributed by atoms with Gasteiger partial charge in [0.2, 0.25) is 0 Å². The SMILES string of the molecule is OC(CCOCC(F)F)Cc1cccc(C(F)(F)F)c1. The number of hydrogen-bond acceptors (Lipinski definition) is 2. The second kappa shape index (κ2) is 7.54. The molecular formula is C13H15F5O2. The van der Waals surface area contributed by atoms with Crippen molar-refractivity contribution in [2.75, 3.05) is 13.2 Å². The monoisotopic (exact) mass is 298 g/mol. The van der Waals surface area contributed by atoms with Gasteiger partial charge in [-0.2, -0.15) is 13.2 Å². The van der Waals surface area contributed by atoms with Gasteiger partial charge in [-0.3, -0.25) is 0 Å². The van der Waals surface area contributed by atoms with Crippen molar-refractivity contribution >= 4 is 0 Å².